The zero-order chi connectivity index (χ0) is 21.1. The van der Waals surface area contributed by atoms with Crippen LogP contribution < -0.4 is 5.32 Å². The molecular formula is C22H23F3N4O. The lowest BCUT2D eigenvalue weighted by Gasteiger charge is -2.26. The first kappa shape index (κ1) is 20.4. The molecule has 1 N–H and O–H groups in total. The molecule has 3 aromatic rings. The van der Waals surface area contributed by atoms with Crippen LogP contribution in [0.5, 0.6) is 0 Å². The number of hydrogen-bond acceptors (Lipinski definition) is 3. The summed E-state index contributed by atoms with van der Waals surface area (Å²) in [6.45, 7) is 3.37. The van der Waals surface area contributed by atoms with Gasteiger partial charge in [0.1, 0.15) is 5.65 Å². The minimum atomic E-state index is -4.52. The van der Waals surface area contributed by atoms with E-state index < -0.39 is 11.9 Å². The predicted octanol–water partition coefficient (Wildman–Crippen LogP) is 4.63. The number of fused-ring (bicyclic) bond motifs is 1. The molecule has 3 heterocycles. The Balaban J connectivity index is 1.38. The molecule has 0 radical (unpaired) electrons. The Hall–Kier alpha value is -2.87. The Bertz CT molecular complexity index is 1020. The van der Waals surface area contributed by atoms with Crippen molar-refractivity contribution in [2.24, 2.45) is 0 Å². The molecule has 1 aromatic carbocycles. The Morgan fingerprint density at radius 3 is 2.43 bits per heavy atom. The van der Waals surface area contributed by atoms with E-state index in [4.69, 9.17) is 0 Å². The Morgan fingerprint density at radius 2 is 1.73 bits per heavy atom. The number of halogens is 3. The van der Waals surface area contributed by atoms with E-state index in [0.29, 0.717) is 5.69 Å². The number of amides is 1. The van der Waals surface area contributed by atoms with Gasteiger partial charge in [-0.3, -0.25) is 4.79 Å². The molecule has 0 saturated carbocycles. The first-order chi connectivity index (χ1) is 14.4. The lowest BCUT2D eigenvalue weighted by molar-refractivity contribution is -0.140. The monoisotopic (exact) mass is 416 g/mol. The van der Waals surface area contributed by atoms with Crippen LogP contribution in [0.4, 0.5) is 18.9 Å². The quantitative estimate of drug-likeness (QED) is 0.660. The number of likely N-dealkylation sites (tertiary alicyclic amines) is 1. The minimum Gasteiger partial charge on any atom is -0.322 e. The average molecular weight is 416 g/mol. The highest BCUT2D eigenvalue weighted by Crippen LogP contribution is 2.28. The normalized spacial score (nSPS) is 15.4. The molecule has 1 amide bonds. The van der Waals surface area contributed by atoms with Gasteiger partial charge < -0.3 is 14.6 Å². The summed E-state index contributed by atoms with van der Waals surface area (Å²) in [6, 6.07) is 10.5. The van der Waals surface area contributed by atoms with Gasteiger partial charge in [-0.2, -0.15) is 13.2 Å². The van der Waals surface area contributed by atoms with Crippen LogP contribution >= 0.6 is 0 Å². The number of carbonyl (C=O) groups excluding carboxylic acids is 1. The van der Waals surface area contributed by atoms with Crippen molar-refractivity contribution < 1.29 is 18.0 Å². The molecule has 8 heteroatoms. The Labute approximate surface area is 172 Å². The maximum Gasteiger partial charge on any atom is 0.434 e. The Morgan fingerprint density at radius 1 is 1.00 bits per heavy atom. The van der Waals surface area contributed by atoms with E-state index in [1.54, 1.807) is 0 Å². The third-order valence-electron chi connectivity index (χ3n) is 5.38. The zero-order valence-corrected chi connectivity index (χ0v) is 16.5. The number of carbonyl (C=O) groups is 1. The number of pyridine rings is 1. The van der Waals surface area contributed by atoms with Crippen LogP contribution in [0, 0.1) is 0 Å². The third kappa shape index (κ3) is 4.81. The highest BCUT2D eigenvalue weighted by Gasteiger charge is 2.33. The molecule has 0 aliphatic carbocycles. The van der Waals surface area contributed by atoms with Gasteiger partial charge in [0, 0.05) is 24.6 Å². The van der Waals surface area contributed by atoms with Crippen molar-refractivity contribution in [2.45, 2.75) is 31.9 Å². The number of piperidine rings is 1. The number of anilines is 1. The number of nitrogens with one attached hydrogen (secondary N) is 1. The Kier molecular flexibility index (Phi) is 5.76. The summed E-state index contributed by atoms with van der Waals surface area (Å²) in [5.74, 6) is -0.389. The number of aromatic nitrogens is 2. The second-order valence-corrected chi connectivity index (χ2v) is 7.61. The third-order valence-corrected chi connectivity index (χ3v) is 5.38. The fourth-order valence-electron chi connectivity index (χ4n) is 3.69. The molecule has 1 aliphatic rings. The van der Waals surface area contributed by atoms with Gasteiger partial charge in [0.25, 0.3) is 5.91 Å². The van der Waals surface area contributed by atoms with E-state index in [0.717, 1.165) is 19.2 Å². The van der Waals surface area contributed by atoms with Crippen molar-refractivity contribution in [3.05, 3.63) is 65.6 Å². The summed E-state index contributed by atoms with van der Waals surface area (Å²) in [7, 11) is 0. The molecule has 0 bridgehead atoms. The fourth-order valence-corrected chi connectivity index (χ4v) is 3.69. The molecule has 5 nitrogen and oxygen atoms in total. The lowest BCUT2D eigenvalue weighted by atomic mass is 10.1. The average Bonchev–Trinajstić information content (AvgIpc) is 3.18. The van der Waals surface area contributed by atoms with Crippen molar-refractivity contribution >= 4 is 17.2 Å². The van der Waals surface area contributed by atoms with Gasteiger partial charge in [-0.15, -0.1) is 0 Å². The second kappa shape index (κ2) is 8.47. The van der Waals surface area contributed by atoms with Crippen molar-refractivity contribution in [1.29, 1.82) is 0 Å². The van der Waals surface area contributed by atoms with Gasteiger partial charge in [0.15, 0.2) is 5.69 Å². The van der Waals surface area contributed by atoms with Crippen molar-refractivity contribution in [2.75, 3.05) is 25.0 Å². The molecule has 1 fully saturated rings. The maximum absolute atomic E-state index is 12.8. The van der Waals surface area contributed by atoms with Crippen LogP contribution in [0.25, 0.3) is 5.65 Å². The van der Waals surface area contributed by atoms with E-state index in [1.807, 2.05) is 24.3 Å². The van der Waals surface area contributed by atoms with Crippen LogP contribution in [-0.4, -0.2) is 39.8 Å². The molecule has 0 atom stereocenters. The zero-order valence-electron chi connectivity index (χ0n) is 16.5. The summed E-state index contributed by atoms with van der Waals surface area (Å²) in [4.78, 5) is 18.5. The van der Waals surface area contributed by atoms with Crippen molar-refractivity contribution in [3.63, 3.8) is 0 Å². The number of alkyl halides is 3. The number of imidazole rings is 1. The van der Waals surface area contributed by atoms with Crippen LogP contribution in [0.1, 0.15) is 40.9 Å². The topological polar surface area (TPSA) is 49.6 Å². The molecular weight excluding hydrogens is 393 g/mol. The standard InChI is InChI=1S/C22H23F3N4O/c23-22(24,25)19-15-29-14-17(6-9-20(29)27-19)21(30)26-18-7-4-16(5-8-18)10-13-28-11-2-1-3-12-28/h4-9,14-15H,1-3,10-13H2,(H,26,30). The molecule has 0 unspecified atom stereocenters. The van der Waals surface area contributed by atoms with Crippen LogP contribution in [0.3, 0.4) is 0 Å². The number of rotatable bonds is 5. The fraction of sp³-hybridized carbons (Fsp3) is 0.364. The molecule has 0 spiro atoms. The smallest absolute Gasteiger partial charge is 0.322 e. The van der Waals surface area contributed by atoms with E-state index in [1.165, 1.54) is 60.6 Å². The SMILES string of the molecule is O=C(Nc1ccc(CCN2CCCCC2)cc1)c1ccc2nc(C(F)(F)F)cn2c1. The highest BCUT2D eigenvalue weighted by molar-refractivity contribution is 6.04. The summed E-state index contributed by atoms with van der Waals surface area (Å²) < 4.78 is 39.6. The molecule has 2 aromatic heterocycles. The summed E-state index contributed by atoms with van der Waals surface area (Å²) in [5, 5.41) is 2.79. The second-order valence-electron chi connectivity index (χ2n) is 7.61. The highest BCUT2D eigenvalue weighted by atomic mass is 19.4. The van der Waals surface area contributed by atoms with Crippen molar-refractivity contribution in [1.82, 2.24) is 14.3 Å². The van der Waals surface area contributed by atoms with Gasteiger partial charge in [-0.25, -0.2) is 4.98 Å². The molecule has 1 aliphatic heterocycles. The summed E-state index contributed by atoms with van der Waals surface area (Å²) in [6.07, 6.45) is 2.53. The van der Waals surface area contributed by atoms with Crippen LogP contribution in [0.15, 0.2) is 48.8 Å². The van der Waals surface area contributed by atoms with Crippen LogP contribution in [-0.2, 0) is 12.6 Å². The van der Waals surface area contributed by atoms with Gasteiger partial charge >= 0.3 is 6.18 Å². The van der Waals surface area contributed by atoms with E-state index in [-0.39, 0.29) is 17.1 Å². The maximum atomic E-state index is 12.8. The first-order valence-electron chi connectivity index (χ1n) is 10.1. The van der Waals surface area contributed by atoms with Gasteiger partial charge in [-0.05, 0) is 62.2 Å². The molecule has 30 heavy (non-hydrogen) atoms. The summed E-state index contributed by atoms with van der Waals surface area (Å²) >= 11 is 0. The summed E-state index contributed by atoms with van der Waals surface area (Å²) in [5.41, 5.74) is 1.25. The predicted molar refractivity (Wildman–Crippen MR) is 109 cm³/mol. The minimum absolute atomic E-state index is 0.136. The molecule has 4 rings (SSSR count). The van der Waals surface area contributed by atoms with Gasteiger partial charge in [0.2, 0.25) is 0 Å². The van der Waals surface area contributed by atoms with Crippen LogP contribution in [0.2, 0.25) is 0 Å². The van der Waals surface area contributed by atoms with Crippen molar-refractivity contribution in [3.8, 4) is 0 Å². The van der Waals surface area contributed by atoms with E-state index in [2.05, 4.69) is 15.2 Å². The first-order valence-corrected chi connectivity index (χ1v) is 10.1. The lowest BCUT2D eigenvalue weighted by Crippen LogP contribution is -2.31. The molecule has 1 saturated heterocycles. The molecule has 158 valence electrons. The number of nitrogens with zero attached hydrogens (tertiary/aromatic N) is 3. The number of benzene rings is 1. The largest absolute Gasteiger partial charge is 0.434 e. The number of hydrogen-bond donors (Lipinski definition) is 1. The van der Waals surface area contributed by atoms with E-state index >= 15 is 0 Å². The van der Waals surface area contributed by atoms with E-state index in [9.17, 15) is 18.0 Å². The van der Waals surface area contributed by atoms with Gasteiger partial charge in [-0.1, -0.05) is 18.6 Å². The van der Waals surface area contributed by atoms with Gasteiger partial charge in [0.05, 0.1) is 5.56 Å².